The summed E-state index contributed by atoms with van der Waals surface area (Å²) in [5.74, 6) is -0.564. The van der Waals surface area contributed by atoms with E-state index in [4.69, 9.17) is 0 Å². The fourth-order valence-corrected chi connectivity index (χ4v) is 4.69. The molecule has 1 aliphatic heterocycles. The maximum Gasteiger partial charge on any atom is 0.261 e. The molecule has 2 heterocycles. The van der Waals surface area contributed by atoms with Gasteiger partial charge in [0, 0.05) is 35.8 Å². The average molecular weight is 442 g/mol. The lowest BCUT2D eigenvalue weighted by Gasteiger charge is -2.18. The number of anilines is 2. The molecule has 0 aliphatic carbocycles. The number of carbonyl (C=O) groups is 1. The molecule has 1 aliphatic rings. The van der Waals surface area contributed by atoms with E-state index in [1.54, 1.807) is 34.5 Å². The van der Waals surface area contributed by atoms with Crippen LogP contribution < -0.4 is 14.7 Å². The molecule has 0 spiro atoms. The smallest absolute Gasteiger partial charge is 0.261 e. The molecule has 1 fully saturated rings. The molecule has 10 heteroatoms. The first-order valence-electron chi connectivity index (χ1n) is 9.12. The van der Waals surface area contributed by atoms with Gasteiger partial charge in [-0.25, -0.2) is 18.4 Å². The number of thiazole rings is 1. The van der Waals surface area contributed by atoms with E-state index < -0.39 is 15.9 Å². The quantitative estimate of drug-likeness (QED) is 0.466. The van der Waals surface area contributed by atoms with Crippen LogP contribution in [0.25, 0.3) is 0 Å². The summed E-state index contributed by atoms with van der Waals surface area (Å²) in [5.41, 5.74) is 0.909. The van der Waals surface area contributed by atoms with E-state index in [1.165, 1.54) is 41.8 Å². The van der Waals surface area contributed by atoms with Crippen molar-refractivity contribution < 1.29 is 18.3 Å². The molecule has 0 saturated carbocycles. The third kappa shape index (κ3) is 4.19. The maximum atomic E-state index is 12.8. The van der Waals surface area contributed by atoms with Crippen LogP contribution in [0.2, 0.25) is 0 Å². The number of amides is 1. The largest absolute Gasteiger partial charge is 0.858 e. The van der Waals surface area contributed by atoms with Crippen molar-refractivity contribution in [1.29, 1.82) is 0 Å². The Kier molecular flexibility index (Phi) is 5.51. The second-order valence-electron chi connectivity index (χ2n) is 6.53. The summed E-state index contributed by atoms with van der Waals surface area (Å²) in [5, 5.41) is 14.5. The van der Waals surface area contributed by atoms with Gasteiger partial charge in [0.25, 0.3) is 10.0 Å². The van der Waals surface area contributed by atoms with Crippen molar-refractivity contribution in [2.45, 2.75) is 17.7 Å². The fraction of sp³-hybridized carbons (Fsp3) is 0.150. The zero-order valence-electron chi connectivity index (χ0n) is 15.7. The van der Waals surface area contributed by atoms with Crippen LogP contribution in [-0.4, -0.2) is 31.8 Å². The number of rotatable bonds is 6. The predicted molar refractivity (Wildman–Crippen MR) is 114 cm³/mol. The molecule has 0 radical (unpaired) electrons. The number of carbonyl (C=O) groups excluding carboxylic acids is 1. The molecule has 3 aromatic rings. The summed E-state index contributed by atoms with van der Waals surface area (Å²) in [7, 11) is -3.95. The first-order chi connectivity index (χ1) is 14.4. The van der Waals surface area contributed by atoms with Gasteiger partial charge >= 0.3 is 0 Å². The zero-order valence-corrected chi connectivity index (χ0v) is 17.3. The first kappa shape index (κ1) is 20.0. The molecule has 30 heavy (non-hydrogen) atoms. The molecule has 4 rings (SSSR count). The highest BCUT2D eigenvalue weighted by Crippen LogP contribution is 2.25. The number of hydrogen-bond acceptors (Lipinski definition) is 7. The Morgan fingerprint density at radius 2 is 1.93 bits per heavy atom. The zero-order chi connectivity index (χ0) is 21.1. The van der Waals surface area contributed by atoms with E-state index in [-0.39, 0.29) is 22.1 Å². The van der Waals surface area contributed by atoms with Crippen molar-refractivity contribution in [2.75, 3.05) is 16.2 Å². The van der Waals surface area contributed by atoms with Crippen LogP contribution >= 0.6 is 11.3 Å². The van der Waals surface area contributed by atoms with Gasteiger partial charge in [0.15, 0.2) is 0 Å². The van der Waals surface area contributed by atoms with Gasteiger partial charge < -0.3 is 10.0 Å². The van der Waals surface area contributed by atoms with E-state index >= 15 is 0 Å². The predicted octanol–water partition coefficient (Wildman–Crippen LogP) is 2.51. The van der Waals surface area contributed by atoms with Gasteiger partial charge in [0.2, 0.25) is 11.0 Å². The number of aromatic nitrogens is 1. The van der Waals surface area contributed by atoms with E-state index in [1.807, 2.05) is 0 Å². The number of aliphatic imine (C=N–C) groups is 1. The number of hydrogen-bond donors (Lipinski definition) is 1. The molecular formula is C20H17N4O4S2-. The minimum absolute atomic E-state index is 0.0250. The minimum Gasteiger partial charge on any atom is -0.858 e. The number of nitrogens with one attached hydrogen (secondary N) is 1. The maximum absolute atomic E-state index is 12.8. The molecule has 1 amide bonds. The van der Waals surface area contributed by atoms with Crippen LogP contribution in [0.1, 0.15) is 18.4 Å². The first-order valence-corrected chi connectivity index (χ1v) is 11.5. The Labute approximate surface area is 177 Å². The molecule has 1 N–H and O–H groups in total. The van der Waals surface area contributed by atoms with Crippen LogP contribution in [0, 0.1) is 0 Å². The van der Waals surface area contributed by atoms with Crippen LogP contribution in [0.5, 0.6) is 0 Å². The molecule has 154 valence electrons. The normalized spacial score (nSPS) is 14.9. The second-order valence-corrected chi connectivity index (χ2v) is 9.08. The van der Waals surface area contributed by atoms with Crippen LogP contribution in [-0.2, 0) is 14.8 Å². The highest BCUT2D eigenvalue weighted by Gasteiger charge is 2.22. The van der Waals surface area contributed by atoms with Crippen molar-refractivity contribution in [2.24, 2.45) is 4.99 Å². The highest BCUT2D eigenvalue weighted by molar-refractivity contribution is 7.92. The molecular weight excluding hydrogens is 424 g/mol. The molecule has 1 saturated heterocycles. The van der Waals surface area contributed by atoms with E-state index in [0.717, 1.165) is 6.42 Å². The third-order valence-corrected chi connectivity index (χ3v) is 6.60. The number of nitrogens with zero attached hydrogens (tertiary/aromatic N) is 3. The van der Waals surface area contributed by atoms with Gasteiger partial charge in [-0.05, 0) is 42.7 Å². The Balaban J connectivity index is 1.59. The van der Waals surface area contributed by atoms with E-state index in [0.29, 0.717) is 23.8 Å². The Morgan fingerprint density at radius 3 is 2.60 bits per heavy atom. The lowest BCUT2D eigenvalue weighted by atomic mass is 10.2. The van der Waals surface area contributed by atoms with Crippen molar-refractivity contribution in [3.8, 4) is 0 Å². The Morgan fingerprint density at radius 1 is 1.17 bits per heavy atom. The van der Waals surface area contributed by atoms with Crippen LogP contribution in [0.15, 0.2) is 70.0 Å². The summed E-state index contributed by atoms with van der Waals surface area (Å²) in [6, 6.07) is 12.3. The van der Waals surface area contributed by atoms with Crippen molar-refractivity contribution in [3.63, 3.8) is 0 Å². The van der Waals surface area contributed by atoms with Gasteiger partial charge in [-0.3, -0.25) is 9.52 Å². The molecule has 8 nitrogen and oxygen atoms in total. The topological polar surface area (TPSA) is 115 Å². The Bertz CT molecular complexity index is 1190. The number of para-hydroxylation sites is 1. The van der Waals surface area contributed by atoms with Gasteiger partial charge in [0.05, 0.1) is 10.6 Å². The monoisotopic (exact) mass is 441 g/mol. The number of benzene rings is 2. The van der Waals surface area contributed by atoms with Gasteiger partial charge in [-0.1, -0.05) is 18.2 Å². The van der Waals surface area contributed by atoms with Gasteiger partial charge in [-0.15, -0.1) is 11.3 Å². The summed E-state index contributed by atoms with van der Waals surface area (Å²) < 4.78 is 28.1. The van der Waals surface area contributed by atoms with E-state index in [9.17, 15) is 18.3 Å². The summed E-state index contributed by atoms with van der Waals surface area (Å²) in [4.78, 5) is 21.4. The van der Waals surface area contributed by atoms with Crippen LogP contribution in [0.3, 0.4) is 0 Å². The third-order valence-electron chi connectivity index (χ3n) is 4.55. The van der Waals surface area contributed by atoms with Crippen molar-refractivity contribution in [3.05, 3.63) is 65.7 Å². The highest BCUT2D eigenvalue weighted by atomic mass is 32.2. The molecule has 1 aromatic heterocycles. The summed E-state index contributed by atoms with van der Waals surface area (Å²) in [6.07, 6.45) is 2.82. The van der Waals surface area contributed by atoms with Gasteiger partial charge in [-0.2, -0.15) is 0 Å². The molecule has 0 atom stereocenters. The fourth-order valence-electron chi connectivity index (χ4n) is 3.11. The Hall–Kier alpha value is -3.24. The van der Waals surface area contributed by atoms with Crippen molar-refractivity contribution >= 4 is 49.7 Å². The summed E-state index contributed by atoms with van der Waals surface area (Å²) in [6.45, 7) is 0.626. The minimum atomic E-state index is -3.95. The standard InChI is InChI=1S/C20H18N4O4S2/c25-18-6-3-12-24(18)14-7-9-15(10-8-14)30(27,28)23-17-5-2-1-4-16(17)19(26)22-20-21-11-13-29-20/h1-2,4-5,7-11,13,23H,3,6,12H2,(H,21,22,26)/p-1. The van der Waals surface area contributed by atoms with Crippen molar-refractivity contribution in [1.82, 2.24) is 4.98 Å². The molecule has 2 aromatic carbocycles. The average Bonchev–Trinajstić information content (AvgIpc) is 3.40. The van der Waals surface area contributed by atoms with E-state index in [2.05, 4.69) is 14.7 Å². The molecule has 0 bridgehead atoms. The molecule has 0 unspecified atom stereocenters. The van der Waals surface area contributed by atoms with Gasteiger partial charge in [0.1, 0.15) is 0 Å². The second kappa shape index (κ2) is 8.25. The summed E-state index contributed by atoms with van der Waals surface area (Å²) >= 11 is 1.21. The number of sulfonamides is 1. The SMILES string of the molecule is O=C1CCCN1c1ccc(S(=O)(=O)Nc2ccccc2C([O-])=Nc2nccs2)cc1. The lowest BCUT2D eigenvalue weighted by Crippen LogP contribution is -2.24. The lowest BCUT2D eigenvalue weighted by molar-refractivity contribution is -0.212. The van der Waals surface area contributed by atoms with Crippen LogP contribution in [0.4, 0.5) is 16.5 Å².